The van der Waals surface area contributed by atoms with E-state index in [4.69, 9.17) is 13.9 Å². The van der Waals surface area contributed by atoms with Crippen LogP contribution in [0.2, 0.25) is 0 Å². The lowest BCUT2D eigenvalue weighted by atomic mass is 9.82. The number of furan rings is 1. The van der Waals surface area contributed by atoms with Crippen LogP contribution in [-0.4, -0.2) is 43.4 Å². The van der Waals surface area contributed by atoms with Gasteiger partial charge in [0, 0.05) is 5.39 Å². The number of hydrogen-bond acceptors (Lipinski definition) is 6. The van der Waals surface area contributed by atoms with Crippen molar-refractivity contribution in [1.29, 1.82) is 0 Å². The number of benzene rings is 3. The first-order valence-corrected chi connectivity index (χ1v) is 10.9. The molecule has 1 saturated heterocycles. The zero-order valence-corrected chi connectivity index (χ0v) is 19.1. The lowest BCUT2D eigenvalue weighted by molar-refractivity contribution is -0.130. The van der Waals surface area contributed by atoms with Gasteiger partial charge in [0.05, 0.1) is 20.8 Å². The van der Waals surface area contributed by atoms with Gasteiger partial charge in [-0.05, 0) is 47.5 Å². The first-order valence-electron chi connectivity index (χ1n) is 10.9. The molecule has 0 atom stereocenters. The van der Waals surface area contributed by atoms with E-state index in [1.165, 1.54) is 0 Å². The van der Waals surface area contributed by atoms with E-state index in [0.29, 0.717) is 28.2 Å². The number of carbonyl (C=O) groups is 3. The Morgan fingerprint density at radius 1 is 0.886 bits per heavy atom. The predicted octanol–water partition coefficient (Wildman–Crippen LogP) is 4.13. The largest absolute Gasteiger partial charge is 0.497 e. The highest BCUT2D eigenvalue weighted by Gasteiger charge is 2.54. The summed E-state index contributed by atoms with van der Waals surface area (Å²) in [7, 11) is 3.09. The molecule has 0 unspecified atom stereocenters. The van der Waals surface area contributed by atoms with E-state index in [1.807, 2.05) is 12.1 Å². The molecule has 1 aliphatic heterocycles. The number of fused-ring (bicyclic) bond motifs is 1. The van der Waals surface area contributed by atoms with E-state index in [2.05, 4.69) is 5.32 Å². The first kappa shape index (κ1) is 22.2. The van der Waals surface area contributed by atoms with Crippen LogP contribution < -0.4 is 14.8 Å². The summed E-state index contributed by atoms with van der Waals surface area (Å²) in [5, 5.41) is 3.59. The molecule has 1 aliphatic rings. The van der Waals surface area contributed by atoms with Crippen LogP contribution in [0.25, 0.3) is 11.0 Å². The Bertz CT molecular complexity index is 1340. The topological polar surface area (TPSA) is 98.1 Å². The van der Waals surface area contributed by atoms with Gasteiger partial charge in [-0.25, -0.2) is 4.79 Å². The standard InChI is InChI=1S/C27H22N2O6/c1-33-20-11-7-18(8-12-20)27(19-9-13-21(34-2)14-10-19)25(31)29(26(32)28-27)16-22(30)24-15-17-5-3-4-6-23(17)35-24/h3-15H,16H2,1-2H3,(H,28,32). The van der Waals surface area contributed by atoms with Crippen LogP contribution in [0.15, 0.2) is 83.3 Å². The molecular formula is C27H22N2O6. The number of ketones is 1. The zero-order valence-electron chi connectivity index (χ0n) is 19.1. The van der Waals surface area contributed by atoms with Crippen molar-refractivity contribution in [3.63, 3.8) is 0 Å². The highest BCUT2D eigenvalue weighted by molar-refractivity contribution is 6.13. The van der Waals surface area contributed by atoms with Crippen LogP contribution in [0.4, 0.5) is 4.79 Å². The Labute approximate surface area is 201 Å². The summed E-state index contributed by atoms with van der Waals surface area (Å²) in [6, 6.07) is 21.8. The molecule has 3 amide bonds. The molecule has 0 radical (unpaired) electrons. The second-order valence-electron chi connectivity index (χ2n) is 8.10. The second kappa shape index (κ2) is 8.64. The number of nitrogens with zero attached hydrogens (tertiary/aromatic N) is 1. The number of methoxy groups -OCH3 is 2. The normalized spacial score (nSPS) is 14.7. The number of rotatable bonds is 7. The minimum atomic E-state index is -1.52. The van der Waals surface area contributed by atoms with Crippen molar-refractivity contribution >= 4 is 28.7 Å². The van der Waals surface area contributed by atoms with Gasteiger partial charge in [0.15, 0.2) is 11.3 Å². The van der Waals surface area contributed by atoms with E-state index in [9.17, 15) is 14.4 Å². The van der Waals surface area contributed by atoms with Gasteiger partial charge in [0.25, 0.3) is 5.91 Å². The summed E-state index contributed by atoms with van der Waals surface area (Å²) >= 11 is 0. The SMILES string of the molecule is COc1ccc(C2(c3ccc(OC)cc3)NC(=O)N(CC(=O)c3cc4ccccc4o3)C2=O)cc1. The molecule has 1 fully saturated rings. The molecule has 4 aromatic rings. The van der Waals surface area contributed by atoms with Gasteiger partial charge in [-0.15, -0.1) is 0 Å². The van der Waals surface area contributed by atoms with E-state index in [1.54, 1.807) is 80.9 Å². The summed E-state index contributed by atoms with van der Waals surface area (Å²) in [4.78, 5) is 40.9. The third-order valence-corrected chi connectivity index (χ3v) is 6.15. The van der Waals surface area contributed by atoms with Crippen LogP contribution in [-0.2, 0) is 10.3 Å². The number of carbonyl (C=O) groups excluding carboxylic acids is 3. The lowest BCUT2D eigenvalue weighted by Gasteiger charge is -2.28. The van der Waals surface area contributed by atoms with Crippen molar-refractivity contribution in [2.45, 2.75) is 5.54 Å². The summed E-state index contributed by atoms with van der Waals surface area (Å²) in [5.74, 6) is 0.241. The fraction of sp³-hybridized carbons (Fsp3) is 0.148. The van der Waals surface area contributed by atoms with Crippen molar-refractivity contribution < 1.29 is 28.3 Å². The van der Waals surface area contributed by atoms with Crippen LogP contribution in [0, 0.1) is 0 Å². The van der Waals surface area contributed by atoms with Crippen LogP contribution in [0.3, 0.4) is 0 Å². The molecule has 2 heterocycles. The molecule has 176 valence electrons. The smallest absolute Gasteiger partial charge is 0.325 e. The molecule has 0 saturated carbocycles. The Kier molecular flexibility index (Phi) is 5.49. The highest BCUT2D eigenvalue weighted by Crippen LogP contribution is 2.37. The molecule has 1 aromatic heterocycles. The molecule has 8 heteroatoms. The fourth-order valence-electron chi connectivity index (χ4n) is 4.30. The number of imide groups is 1. The van der Waals surface area contributed by atoms with Crippen molar-refractivity contribution in [1.82, 2.24) is 10.2 Å². The van der Waals surface area contributed by atoms with E-state index in [0.717, 1.165) is 10.3 Å². The minimum absolute atomic E-state index is 0.0817. The Hall–Kier alpha value is -4.59. The van der Waals surface area contributed by atoms with Crippen molar-refractivity contribution in [3.05, 3.63) is 95.7 Å². The Morgan fingerprint density at radius 2 is 1.46 bits per heavy atom. The number of ether oxygens (including phenoxy) is 2. The van der Waals surface area contributed by atoms with Gasteiger partial charge in [0.2, 0.25) is 5.78 Å². The third-order valence-electron chi connectivity index (χ3n) is 6.15. The highest BCUT2D eigenvalue weighted by atomic mass is 16.5. The summed E-state index contributed by atoms with van der Waals surface area (Å²) in [6.07, 6.45) is 0. The average molecular weight is 470 g/mol. The number of hydrogen-bond donors (Lipinski definition) is 1. The van der Waals surface area contributed by atoms with Crippen molar-refractivity contribution in [3.8, 4) is 11.5 Å². The summed E-state index contributed by atoms with van der Waals surface area (Å²) in [5.41, 5.74) is 0.0870. The maximum Gasteiger partial charge on any atom is 0.325 e. The summed E-state index contributed by atoms with van der Waals surface area (Å²) < 4.78 is 16.1. The molecule has 1 N–H and O–H groups in total. The van der Waals surface area contributed by atoms with Gasteiger partial charge in [-0.3, -0.25) is 14.5 Å². The molecule has 0 bridgehead atoms. The van der Waals surface area contributed by atoms with E-state index in [-0.39, 0.29) is 5.76 Å². The first-order chi connectivity index (χ1) is 17.0. The number of amides is 3. The molecule has 5 rings (SSSR count). The van der Waals surface area contributed by atoms with Crippen LogP contribution in [0.5, 0.6) is 11.5 Å². The number of urea groups is 1. The molecule has 3 aromatic carbocycles. The number of para-hydroxylation sites is 1. The molecule has 35 heavy (non-hydrogen) atoms. The zero-order chi connectivity index (χ0) is 24.6. The van der Waals surface area contributed by atoms with Crippen LogP contribution >= 0.6 is 0 Å². The van der Waals surface area contributed by atoms with Crippen molar-refractivity contribution in [2.75, 3.05) is 20.8 Å². The quantitative estimate of drug-likeness (QED) is 0.322. The maximum atomic E-state index is 13.9. The van der Waals surface area contributed by atoms with Gasteiger partial charge < -0.3 is 19.2 Å². The van der Waals surface area contributed by atoms with Gasteiger partial charge in [-0.2, -0.15) is 0 Å². The Balaban J connectivity index is 1.53. The van der Waals surface area contributed by atoms with Crippen LogP contribution in [0.1, 0.15) is 21.7 Å². The number of nitrogens with one attached hydrogen (secondary N) is 1. The lowest BCUT2D eigenvalue weighted by Crippen LogP contribution is -2.45. The van der Waals surface area contributed by atoms with Gasteiger partial charge in [0.1, 0.15) is 17.1 Å². The number of Topliss-reactive ketones (excluding diaryl/α,β-unsaturated/α-hetero) is 1. The molecule has 0 spiro atoms. The Morgan fingerprint density at radius 3 is 2.00 bits per heavy atom. The average Bonchev–Trinajstić information content (AvgIpc) is 3.44. The maximum absolute atomic E-state index is 13.9. The molecular weight excluding hydrogens is 448 g/mol. The van der Waals surface area contributed by atoms with Crippen molar-refractivity contribution in [2.24, 2.45) is 0 Å². The summed E-state index contributed by atoms with van der Waals surface area (Å²) in [6.45, 7) is -0.460. The third kappa shape index (κ3) is 3.69. The predicted molar refractivity (Wildman–Crippen MR) is 128 cm³/mol. The fourth-order valence-corrected chi connectivity index (χ4v) is 4.30. The van der Waals surface area contributed by atoms with E-state index < -0.39 is 29.8 Å². The molecule has 8 nitrogen and oxygen atoms in total. The second-order valence-corrected chi connectivity index (χ2v) is 8.10. The van der Waals surface area contributed by atoms with Gasteiger partial charge in [-0.1, -0.05) is 42.5 Å². The van der Waals surface area contributed by atoms with Gasteiger partial charge >= 0.3 is 6.03 Å². The minimum Gasteiger partial charge on any atom is -0.497 e. The van der Waals surface area contributed by atoms with E-state index >= 15 is 0 Å². The monoisotopic (exact) mass is 470 g/mol. The molecule has 0 aliphatic carbocycles.